The van der Waals surface area contributed by atoms with E-state index in [1.165, 1.54) is 0 Å². The molecule has 9 heavy (non-hydrogen) atoms. The van der Waals surface area contributed by atoms with E-state index in [1.807, 2.05) is 12.1 Å². The molecule has 0 amide bonds. The summed E-state index contributed by atoms with van der Waals surface area (Å²) in [6.45, 7) is 3.68. The Kier molecular flexibility index (Phi) is 1.54. The number of rotatable bonds is 0. The van der Waals surface area contributed by atoms with Crippen molar-refractivity contribution in [1.29, 1.82) is 0 Å². The highest BCUT2D eigenvalue weighted by atomic mass is 16.2. The lowest BCUT2D eigenvalue weighted by molar-refractivity contribution is 0.414. The lowest BCUT2D eigenvalue weighted by Gasteiger charge is -1.79. The Bertz CT molecular complexity index is 264. The third-order valence-corrected chi connectivity index (χ3v) is 1.12. The quantitative estimate of drug-likeness (QED) is 0.467. The molecule has 45 valence electrons. The Hall–Kier alpha value is -1.24. The van der Waals surface area contributed by atoms with E-state index in [0.717, 1.165) is 11.5 Å². The van der Waals surface area contributed by atoms with Gasteiger partial charge in [-0.1, -0.05) is 30.8 Å². The fourth-order valence-electron chi connectivity index (χ4n) is 0.596. The van der Waals surface area contributed by atoms with E-state index >= 15 is 0 Å². The fourth-order valence-corrected chi connectivity index (χ4v) is 0.596. The molecule has 0 atom stereocenters. The molecule has 1 nitrogen and oxygen atoms in total. The van der Waals surface area contributed by atoms with Crippen LogP contribution in [0.2, 0.25) is 0 Å². The fraction of sp³-hybridized carbons (Fsp3) is 0. The van der Waals surface area contributed by atoms with Crippen molar-refractivity contribution in [2.24, 2.45) is 0 Å². The molecule has 0 N–H and O–H groups in total. The smallest absolute Gasteiger partial charge is 0.150 e. The van der Waals surface area contributed by atoms with E-state index < -0.39 is 0 Å². The molecule has 0 aromatic heterocycles. The number of hydrogen-bond donors (Lipinski definition) is 0. The topological polar surface area (TPSA) is 19.9 Å². The molecule has 0 saturated heterocycles. The van der Waals surface area contributed by atoms with Crippen LogP contribution < -0.4 is 10.4 Å². The van der Waals surface area contributed by atoms with Gasteiger partial charge in [-0.25, -0.2) is 0 Å². The van der Waals surface area contributed by atoms with Crippen molar-refractivity contribution in [3.05, 3.63) is 34.7 Å². The summed E-state index contributed by atoms with van der Waals surface area (Å²) < 4.78 is 0. The van der Waals surface area contributed by atoms with Gasteiger partial charge in [-0.2, -0.15) is 0 Å². The van der Waals surface area contributed by atoms with Crippen LogP contribution in [0.1, 0.15) is 0 Å². The van der Waals surface area contributed by atoms with Crippen molar-refractivity contribution >= 4 is 12.8 Å². The minimum absolute atomic E-state index is 0.697. The van der Waals surface area contributed by atoms with Crippen molar-refractivity contribution in [2.45, 2.75) is 0 Å². The Morgan fingerprint density at radius 2 is 1.78 bits per heavy atom. The summed E-state index contributed by atoms with van der Waals surface area (Å²) in [5.74, 6) is 0. The number of hydrogen-bond acceptors (Lipinski definition) is 0. The van der Waals surface area contributed by atoms with Gasteiger partial charge < -0.3 is 0 Å². The molecule has 0 bridgehead atoms. The van der Waals surface area contributed by atoms with Crippen LogP contribution in [0.4, 0.5) is 0 Å². The first kappa shape index (κ1) is 5.89. The molecule has 1 rings (SSSR count). The van der Waals surface area contributed by atoms with Crippen LogP contribution in [-0.4, -0.2) is 0 Å². The van der Waals surface area contributed by atoms with Crippen molar-refractivity contribution in [1.82, 2.24) is 0 Å². The van der Waals surface area contributed by atoms with Gasteiger partial charge in [-0.3, -0.25) is 5.11 Å². The van der Waals surface area contributed by atoms with Crippen molar-refractivity contribution in [2.75, 3.05) is 0 Å². The summed E-state index contributed by atoms with van der Waals surface area (Å²) in [6.07, 6.45) is 0.819. The van der Waals surface area contributed by atoms with Gasteiger partial charge in [-0.05, 0) is 5.22 Å². The average Bonchev–Trinajstić information content (AvgIpc) is 1.90. The first-order valence-corrected chi connectivity index (χ1v) is 2.70. The third-order valence-electron chi connectivity index (χ3n) is 1.12. The van der Waals surface area contributed by atoms with Gasteiger partial charge in [0.2, 0.25) is 0 Å². The number of benzene rings is 1. The lowest BCUT2D eigenvalue weighted by atomic mass is 10.3. The van der Waals surface area contributed by atoms with Gasteiger partial charge in [0.1, 0.15) is 6.26 Å². The minimum atomic E-state index is 0.697. The van der Waals surface area contributed by atoms with Crippen molar-refractivity contribution in [3.63, 3.8) is 0 Å². The van der Waals surface area contributed by atoms with Crippen LogP contribution in [-0.2, 0) is 5.11 Å². The van der Waals surface area contributed by atoms with E-state index in [0.29, 0.717) is 5.22 Å². The van der Waals surface area contributed by atoms with Crippen LogP contribution >= 0.6 is 0 Å². The van der Waals surface area contributed by atoms with E-state index in [9.17, 15) is 5.11 Å². The molecule has 0 aliphatic rings. The minimum Gasteiger partial charge on any atom is -0.298 e. The van der Waals surface area contributed by atoms with Crippen LogP contribution in [0.25, 0.3) is 12.8 Å². The Labute approximate surface area is 53.6 Å². The molecular weight excluding hydrogens is 112 g/mol. The molecule has 0 heterocycles. The maximum Gasteiger partial charge on any atom is 0.150 e. The maximum atomic E-state index is 10.1. The molecule has 0 unspecified atom stereocenters. The van der Waals surface area contributed by atoms with Gasteiger partial charge in [0.15, 0.2) is 0 Å². The van der Waals surface area contributed by atoms with Crippen LogP contribution in [0.15, 0.2) is 24.3 Å². The highest BCUT2D eigenvalue weighted by Gasteiger charge is 1.74. The summed E-state index contributed by atoms with van der Waals surface area (Å²) in [6, 6.07) is 7.11. The van der Waals surface area contributed by atoms with E-state index in [1.54, 1.807) is 12.1 Å². The molecule has 0 aliphatic carbocycles. The standard InChI is InChI=1S/C8H7O/c1-7-2-4-8(6-9)5-3-7/h2-6H,1H2. The monoisotopic (exact) mass is 119 g/mol. The Morgan fingerprint density at radius 3 is 2.22 bits per heavy atom. The molecule has 1 heteroatoms. The molecule has 1 aromatic rings. The first-order valence-electron chi connectivity index (χ1n) is 2.70. The molecule has 0 spiro atoms. The molecular formula is C8H7O. The van der Waals surface area contributed by atoms with Gasteiger partial charge in [0, 0.05) is 5.22 Å². The molecule has 0 aliphatic heterocycles. The van der Waals surface area contributed by atoms with E-state index in [-0.39, 0.29) is 0 Å². The second-order valence-corrected chi connectivity index (χ2v) is 1.86. The van der Waals surface area contributed by atoms with Crippen LogP contribution in [0.3, 0.4) is 0 Å². The lowest BCUT2D eigenvalue weighted by Crippen LogP contribution is -2.04. The average molecular weight is 119 g/mol. The first-order chi connectivity index (χ1) is 4.33. The molecule has 1 radical (unpaired) electrons. The normalized spacial score (nSPS) is 8.89. The van der Waals surface area contributed by atoms with Crippen LogP contribution in [0, 0.1) is 0 Å². The molecule has 1 aromatic carbocycles. The zero-order valence-corrected chi connectivity index (χ0v) is 5.00. The summed E-state index contributed by atoms with van der Waals surface area (Å²) in [5.41, 5.74) is 0. The predicted octanol–water partition coefficient (Wildman–Crippen LogP) is 0.265. The van der Waals surface area contributed by atoms with Crippen LogP contribution in [0.5, 0.6) is 0 Å². The molecule has 0 saturated carbocycles. The van der Waals surface area contributed by atoms with Gasteiger partial charge in [0.25, 0.3) is 0 Å². The molecule has 0 fully saturated rings. The SMILES string of the molecule is C=c1ccc(=C[O])cc1. The zero-order valence-electron chi connectivity index (χ0n) is 5.00. The maximum absolute atomic E-state index is 10.1. The Morgan fingerprint density at radius 1 is 1.22 bits per heavy atom. The van der Waals surface area contributed by atoms with Gasteiger partial charge >= 0.3 is 0 Å². The van der Waals surface area contributed by atoms with E-state index in [2.05, 4.69) is 6.58 Å². The largest absolute Gasteiger partial charge is 0.298 e. The summed E-state index contributed by atoms with van der Waals surface area (Å²) in [5, 5.41) is 11.7. The van der Waals surface area contributed by atoms with Crippen molar-refractivity contribution < 1.29 is 5.11 Å². The second-order valence-electron chi connectivity index (χ2n) is 1.86. The summed E-state index contributed by atoms with van der Waals surface area (Å²) >= 11 is 0. The third kappa shape index (κ3) is 1.32. The van der Waals surface area contributed by atoms with Gasteiger partial charge in [0.05, 0.1) is 0 Å². The predicted molar refractivity (Wildman–Crippen MR) is 36.4 cm³/mol. The summed E-state index contributed by atoms with van der Waals surface area (Å²) in [4.78, 5) is 0. The highest BCUT2D eigenvalue weighted by molar-refractivity contribution is 5.17. The Balaban J connectivity index is 3.34. The zero-order chi connectivity index (χ0) is 6.69. The summed E-state index contributed by atoms with van der Waals surface area (Å²) in [7, 11) is 0. The van der Waals surface area contributed by atoms with Crippen molar-refractivity contribution in [3.8, 4) is 0 Å². The second kappa shape index (κ2) is 2.35. The van der Waals surface area contributed by atoms with E-state index in [4.69, 9.17) is 0 Å². The van der Waals surface area contributed by atoms with Gasteiger partial charge in [-0.15, -0.1) is 0 Å². The highest BCUT2D eigenvalue weighted by Crippen LogP contribution is 1.66.